The largest absolute Gasteiger partial charge is 0.486 e. The summed E-state index contributed by atoms with van der Waals surface area (Å²) in [5, 5.41) is 4.11. The molecule has 3 aromatic rings. The Bertz CT molecular complexity index is 949. The Balaban J connectivity index is 1.81. The number of nitrogens with one attached hydrogen (secondary N) is 1. The summed E-state index contributed by atoms with van der Waals surface area (Å²) in [5.74, 6) is 1.34. The van der Waals surface area contributed by atoms with Gasteiger partial charge in [-0.05, 0) is 25.1 Å². The highest BCUT2D eigenvalue weighted by atomic mass is 35.5. The second-order valence-corrected chi connectivity index (χ2v) is 5.80. The number of ether oxygens (including phenoxy) is 2. The van der Waals surface area contributed by atoms with Crippen LogP contribution in [0.2, 0.25) is 5.02 Å². The number of hydrogen-bond acceptors (Lipinski definition) is 5. The maximum Gasteiger partial charge on any atom is 0.163 e. The second kappa shape index (κ2) is 5.79. The summed E-state index contributed by atoms with van der Waals surface area (Å²) in [5.41, 5.74) is 1.36. The van der Waals surface area contributed by atoms with Crippen molar-refractivity contribution in [3.63, 3.8) is 0 Å². The summed E-state index contributed by atoms with van der Waals surface area (Å²) in [4.78, 5) is 8.47. The number of rotatable bonds is 2. The summed E-state index contributed by atoms with van der Waals surface area (Å²) in [6.45, 7) is 2.62. The predicted octanol–water partition coefficient (Wildman–Crippen LogP) is 4.25. The maximum absolute atomic E-state index is 14.4. The third-order valence-electron chi connectivity index (χ3n) is 3.87. The van der Waals surface area contributed by atoms with E-state index in [1.807, 2.05) is 0 Å². The Morgan fingerprint density at radius 3 is 2.67 bits per heavy atom. The number of aromatic nitrogens is 2. The first kappa shape index (κ1) is 15.0. The van der Waals surface area contributed by atoms with Gasteiger partial charge in [0.05, 0.1) is 11.2 Å². The van der Waals surface area contributed by atoms with Crippen LogP contribution in [0, 0.1) is 12.7 Å². The summed E-state index contributed by atoms with van der Waals surface area (Å²) < 4.78 is 25.5. The van der Waals surface area contributed by atoms with Gasteiger partial charge >= 0.3 is 0 Å². The van der Waals surface area contributed by atoms with E-state index in [1.54, 1.807) is 31.2 Å². The Hall–Kier alpha value is -2.60. The smallest absolute Gasteiger partial charge is 0.163 e. The van der Waals surface area contributed by atoms with Crippen molar-refractivity contribution < 1.29 is 13.9 Å². The fraction of sp³-hybridized carbons (Fsp3) is 0.176. The second-order valence-electron chi connectivity index (χ2n) is 5.39. The van der Waals surface area contributed by atoms with Gasteiger partial charge < -0.3 is 14.8 Å². The standard InChI is InChI=1S/C17H13ClFN3O2/c1-9-11(18)2-3-12(16(9)19)22-17-10-6-14-15(24-5-4-23-14)7-13(10)20-8-21-17/h2-3,6-8H,4-5H2,1H3,(H,20,21,22). The molecule has 1 N–H and O–H groups in total. The lowest BCUT2D eigenvalue weighted by molar-refractivity contribution is 0.172. The molecule has 0 aliphatic carbocycles. The molecule has 7 heteroatoms. The highest BCUT2D eigenvalue weighted by Gasteiger charge is 2.16. The van der Waals surface area contributed by atoms with E-state index in [-0.39, 0.29) is 0 Å². The molecule has 24 heavy (non-hydrogen) atoms. The lowest BCUT2D eigenvalue weighted by Crippen LogP contribution is -2.15. The Morgan fingerprint density at radius 1 is 1.12 bits per heavy atom. The van der Waals surface area contributed by atoms with Gasteiger partial charge in [0.1, 0.15) is 25.4 Å². The molecule has 1 aliphatic rings. The Kier molecular flexibility index (Phi) is 3.61. The highest BCUT2D eigenvalue weighted by molar-refractivity contribution is 6.31. The number of benzene rings is 2. The number of hydrogen-bond donors (Lipinski definition) is 1. The molecule has 0 saturated carbocycles. The molecule has 0 saturated heterocycles. The molecule has 0 amide bonds. The van der Waals surface area contributed by atoms with Gasteiger partial charge in [-0.3, -0.25) is 0 Å². The minimum atomic E-state index is -0.410. The molecule has 0 spiro atoms. The average molecular weight is 346 g/mol. The van der Waals surface area contributed by atoms with Gasteiger partial charge in [0.15, 0.2) is 17.3 Å². The molecule has 0 atom stereocenters. The quantitative estimate of drug-likeness (QED) is 0.752. The zero-order valence-corrected chi connectivity index (χ0v) is 13.5. The van der Waals surface area contributed by atoms with Crippen LogP contribution in [0.15, 0.2) is 30.6 Å². The van der Waals surface area contributed by atoms with E-state index in [1.165, 1.54) is 6.33 Å². The molecule has 0 radical (unpaired) electrons. The van der Waals surface area contributed by atoms with E-state index >= 15 is 0 Å². The molecule has 1 aliphatic heterocycles. The third kappa shape index (κ3) is 2.49. The van der Waals surface area contributed by atoms with E-state index < -0.39 is 5.82 Å². The predicted molar refractivity (Wildman–Crippen MR) is 90.0 cm³/mol. The number of halogens is 2. The number of fused-ring (bicyclic) bond motifs is 2. The van der Waals surface area contributed by atoms with Crippen LogP contribution >= 0.6 is 11.6 Å². The van der Waals surface area contributed by atoms with Crippen molar-refractivity contribution in [2.24, 2.45) is 0 Å². The molecule has 0 unspecified atom stereocenters. The van der Waals surface area contributed by atoms with Gasteiger partial charge in [-0.1, -0.05) is 11.6 Å². The summed E-state index contributed by atoms with van der Waals surface area (Å²) in [6.07, 6.45) is 1.42. The minimum absolute atomic E-state index is 0.298. The zero-order valence-electron chi connectivity index (χ0n) is 12.8. The van der Waals surface area contributed by atoms with Crippen LogP contribution in [0.5, 0.6) is 11.5 Å². The maximum atomic E-state index is 14.4. The molecule has 1 aromatic heterocycles. The fourth-order valence-electron chi connectivity index (χ4n) is 2.58. The van der Waals surface area contributed by atoms with E-state index in [0.717, 1.165) is 0 Å². The topological polar surface area (TPSA) is 56.3 Å². The Morgan fingerprint density at radius 2 is 1.88 bits per heavy atom. The van der Waals surface area contributed by atoms with Crippen molar-refractivity contribution in [2.45, 2.75) is 6.92 Å². The van der Waals surface area contributed by atoms with Crippen molar-refractivity contribution in [1.82, 2.24) is 9.97 Å². The number of anilines is 2. The van der Waals surface area contributed by atoms with Crippen molar-refractivity contribution >= 4 is 34.0 Å². The van der Waals surface area contributed by atoms with Crippen LogP contribution < -0.4 is 14.8 Å². The average Bonchev–Trinajstić information content (AvgIpc) is 2.61. The molecule has 0 bridgehead atoms. The van der Waals surface area contributed by atoms with Crippen LogP contribution in [-0.4, -0.2) is 23.2 Å². The van der Waals surface area contributed by atoms with Crippen LogP contribution in [0.25, 0.3) is 10.9 Å². The van der Waals surface area contributed by atoms with Crippen molar-refractivity contribution in [1.29, 1.82) is 0 Å². The Labute approximate surface area is 142 Å². The SMILES string of the molecule is Cc1c(Cl)ccc(Nc2ncnc3cc4c(cc23)OCCO4)c1F. The fourth-order valence-corrected chi connectivity index (χ4v) is 2.72. The van der Waals surface area contributed by atoms with Gasteiger partial charge in [-0.2, -0.15) is 0 Å². The summed E-state index contributed by atoms with van der Waals surface area (Å²) in [7, 11) is 0. The summed E-state index contributed by atoms with van der Waals surface area (Å²) >= 11 is 5.94. The molecule has 122 valence electrons. The first-order valence-corrected chi connectivity index (χ1v) is 7.77. The lowest BCUT2D eigenvalue weighted by atomic mass is 10.1. The number of nitrogens with zero attached hydrogens (tertiary/aromatic N) is 2. The van der Waals surface area contributed by atoms with Crippen LogP contribution in [0.1, 0.15) is 5.56 Å². The third-order valence-corrected chi connectivity index (χ3v) is 4.28. The first-order chi connectivity index (χ1) is 11.6. The zero-order chi connectivity index (χ0) is 16.7. The van der Waals surface area contributed by atoms with Gasteiger partial charge in [0.25, 0.3) is 0 Å². The van der Waals surface area contributed by atoms with E-state index in [0.29, 0.717) is 57.7 Å². The highest BCUT2D eigenvalue weighted by Crippen LogP contribution is 2.37. The molecule has 0 fully saturated rings. The van der Waals surface area contributed by atoms with E-state index in [2.05, 4.69) is 15.3 Å². The van der Waals surface area contributed by atoms with E-state index in [9.17, 15) is 4.39 Å². The summed E-state index contributed by atoms with van der Waals surface area (Å²) in [6, 6.07) is 6.81. The van der Waals surface area contributed by atoms with Crippen LogP contribution in [0.3, 0.4) is 0 Å². The normalized spacial score (nSPS) is 13.1. The van der Waals surface area contributed by atoms with Gasteiger partial charge in [0, 0.05) is 22.0 Å². The van der Waals surface area contributed by atoms with Crippen LogP contribution in [0.4, 0.5) is 15.9 Å². The molecule has 2 aromatic carbocycles. The monoisotopic (exact) mass is 345 g/mol. The lowest BCUT2D eigenvalue weighted by Gasteiger charge is -2.19. The van der Waals surface area contributed by atoms with E-state index in [4.69, 9.17) is 21.1 Å². The van der Waals surface area contributed by atoms with Crippen molar-refractivity contribution in [2.75, 3.05) is 18.5 Å². The van der Waals surface area contributed by atoms with Gasteiger partial charge in [0.2, 0.25) is 0 Å². The van der Waals surface area contributed by atoms with Gasteiger partial charge in [-0.25, -0.2) is 14.4 Å². The van der Waals surface area contributed by atoms with Crippen molar-refractivity contribution in [3.8, 4) is 11.5 Å². The molecule has 5 nitrogen and oxygen atoms in total. The molecule has 2 heterocycles. The molecular formula is C17H13ClFN3O2. The van der Waals surface area contributed by atoms with Gasteiger partial charge in [-0.15, -0.1) is 0 Å². The van der Waals surface area contributed by atoms with Crippen LogP contribution in [-0.2, 0) is 0 Å². The molecule has 4 rings (SSSR count). The minimum Gasteiger partial charge on any atom is -0.486 e. The van der Waals surface area contributed by atoms with Crippen molar-refractivity contribution in [3.05, 3.63) is 47.0 Å². The first-order valence-electron chi connectivity index (χ1n) is 7.39. The molecular weight excluding hydrogens is 333 g/mol.